The third kappa shape index (κ3) is 2.32. The van der Waals surface area contributed by atoms with Crippen molar-refractivity contribution in [2.45, 2.75) is 31.7 Å². The molecule has 2 atom stereocenters. The van der Waals surface area contributed by atoms with Crippen LogP contribution >= 0.6 is 22.9 Å². The summed E-state index contributed by atoms with van der Waals surface area (Å²) >= 11 is 2.24. The maximum absolute atomic E-state index is 11.1. The third-order valence-electron chi connectivity index (χ3n) is 2.55. The zero-order valence-corrected chi connectivity index (χ0v) is 9.45. The Labute approximate surface area is 87.2 Å². The van der Waals surface area contributed by atoms with Gasteiger partial charge in [0.2, 0.25) is 5.91 Å². The second kappa shape index (κ2) is 4.41. The Bertz CT molecular complexity index is 172. The molecular weight excluding hydrogens is 267 g/mol. The minimum absolute atomic E-state index is 0.0700. The smallest absolute Gasteiger partial charge is 0.222 e. The van der Waals surface area contributed by atoms with E-state index in [4.69, 9.17) is 5.73 Å². The molecule has 0 radical (unpaired) electrons. The fourth-order valence-corrected chi connectivity index (χ4v) is 2.54. The molecule has 12 heavy (non-hydrogen) atoms. The minimum atomic E-state index is -0.136. The van der Waals surface area contributed by atoms with Crippen LogP contribution in [-0.4, -0.2) is 22.1 Å². The van der Waals surface area contributed by atoms with Gasteiger partial charge in [-0.3, -0.25) is 4.79 Å². The summed E-state index contributed by atoms with van der Waals surface area (Å²) in [6, 6.07) is 0.358. The van der Waals surface area contributed by atoms with Crippen molar-refractivity contribution in [3.63, 3.8) is 0 Å². The van der Waals surface area contributed by atoms with Crippen molar-refractivity contribution in [2.24, 2.45) is 11.7 Å². The largest absolute Gasteiger partial charge is 0.369 e. The lowest BCUT2D eigenvalue weighted by Crippen LogP contribution is -2.41. The normalized spacial score (nSPS) is 30.6. The average Bonchev–Trinajstić information content (AvgIpc) is 2.04. The van der Waals surface area contributed by atoms with Crippen LogP contribution in [0.15, 0.2) is 0 Å². The molecule has 1 amide bonds. The van der Waals surface area contributed by atoms with Crippen molar-refractivity contribution in [2.75, 3.05) is 7.05 Å². The number of nitrogens with zero attached hydrogens (tertiary/aromatic N) is 1. The second-order valence-corrected chi connectivity index (χ2v) is 4.91. The van der Waals surface area contributed by atoms with Gasteiger partial charge in [-0.2, -0.15) is 0 Å². The lowest BCUT2D eigenvalue weighted by molar-refractivity contribution is -0.124. The number of hydrogen-bond donors (Lipinski definition) is 1. The van der Waals surface area contributed by atoms with Gasteiger partial charge in [0.25, 0.3) is 0 Å². The van der Waals surface area contributed by atoms with E-state index < -0.39 is 0 Å². The number of carbonyl (C=O) groups is 1. The van der Waals surface area contributed by atoms with Gasteiger partial charge in [-0.25, -0.2) is 3.11 Å². The molecule has 2 unspecified atom stereocenters. The molecule has 0 aromatic heterocycles. The Morgan fingerprint density at radius 1 is 1.50 bits per heavy atom. The molecule has 1 saturated carbocycles. The molecule has 1 fully saturated rings. The van der Waals surface area contributed by atoms with Crippen LogP contribution in [-0.2, 0) is 4.79 Å². The monoisotopic (exact) mass is 282 g/mol. The van der Waals surface area contributed by atoms with Crippen LogP contribution in [0.5, 0.6) is 0 Å². The van der Waals surface area contributed by atoms with Gasteiger partial charge in [0.15, 0.2) is 0 Å². The predicted molar refractivity (Wildman–Crippen MR) is 56.7 cm³/mol. The number of rotatable bonds is 2. The second-order valence-electron chi connectivity index (χ2n) is 3.39. The zero-order chi connectivity index (χ0) is 9.14. The van der Waals surface area contributed by atoms with Crippen molar-refractivity contribution < 1.29 is 4.79 Å². The highest BCUT2D eigenvalue weighted by atomic mass is 127. The van der Waals surface area contributed by atoms with Crippen molar-refractivity contribution in [1.29, 1.82) is 0 Å². The SMILES string of the molecule is CN(I)C1CCCCC1C(N)=O. The van der Waals surface area contributed by atoms with Crippen LogP contribution in [0.2, 0.25) is 0 Å². The Morgan fingerprint density at radius 2 is 2.08 bits per heavy atom. The molecule has 3 nitrogen and oxygen atoms in total. The maximum atomic E-state index is 11.1. The molecule has 2 N–H and O–H groups in total. The van der Waals surface area contributed by atoms with Gasteiger partial charge in [-0.05, 0) is 19.9 Å². The van der Waals surface area contributed by atoms with Gasteiger partial charge < -0.3 is 5.73 Å². The maximum Gasteiger partial charge on any atom is 0.222 e. The summed E-state index contributed by atoms with van der Waals surface area (Å²) < 4.78 is 2.09. The number of amides is 1. The topological polar surface area (TPSA) is 46.3 Å². The lowest BCUT2D eigenvalue weighted by Gasteiger charge is -2.32. The van der Waals surface area contributed by atoms with Crippen LogP contribution in [0.25, 0.3) is 0 Å². The molecule has 0 aromatic carbocycles. The van der Waals surface area contributed by atoms with Gasteiger partial charge in [0.05, 0.1) is 5.92 Å². The van der Waals surface area contributed by atoms with E-state index in [0.717, 1.165) is 19.3 Å². The zero-order valence-electron chi connectivity index (χ0n) is 7.29. The number of hydrogen-bond acceptors (Lipinski definition) is 2. The van der Waals surface area contributed by atoms with Crippen molar-refractivity contribution >= 4 is 28.8 Å². The Kier molecular flexibility index (Phi) is 3.77. The standard InChI is InChI=1S/C8H15IN2O/c1-11(9)7-5-3-2-4-6(7)8(10)12/h6-7H,2-5H2,1H3,(H2,10,12). The fraction of sp³-hybridized carbons (Fsp3) is 0.875. The molecule has 0 saturated heterocycles. The van der Waals surface area contributed by atoms with Crippen molar-refractivity contribution in [3.05, 3.63) is 0 Å². The number of nitrogens with two attached hydrogens (primary N) is 1. The first-order valence-corrected chi connectivity index (χ1v) is 5.27. The van der Waals surface area contributed by atoms with Crippen molar-refractivity contribution in [3.8, 4) is 0 Å². The quantitative estimate of drug-likeness (QED) is 0.613. The van der Waals surface area contributed by atoms with Gasteiger partial charge in [-0.1, -0.05) is 12.8 Å². The summed E-state index contributed by atoms with van der Waals surface area (Å²) in [7, 11) is 2.01. The number of halogens is 1. The average molecular weight is 282 g/mol. The molecule has 0 bridgehead atoms. The van der Waals surface area contributed by atoms with Crippen molar-refractivity contribution in [1.82, 2.24) is 3.11 Å². The number of carbonyl (C=O) groups excluding carboxylic acids is 1. The Morgan fingerprint density at radius 3 is 2.50 bits per heavy atom. The van der Waals surface area contributed by atoms with E-state index >= 15 is 0 Å². The van der Waals surface area contributed by atoms with E-state index in [0.29, 0.717) is 6.04 Å². The van der Waals surface area contributed by atoms with Gasteiger partial charge in [0, 0.05) is 28.9 Å². The lowest BCUT2D eigenvalue weighted by atomic mass is 9.84. The highest BCUT2D eigenvalue weighted by Gasteiger charge is 2.31. The van der Waals surface area contributed by atoms with E-state index in [1.54, 1.807) is 0 Å². The molecule has 0 heterocycles. The van der Waals surface area contributed by atoms with Gasteiger partial charge in [0.1, 0.15) is 0 Å². The summed E-state index contributed by atoms with van der Waals surface area (Å²) in [4.78, 5) is 11.1. The van der Waals surface area contributed by atoms with Crippen LogP contribution in [0.4, 0.5) is 0 Å². The Hall–Kier alpha value is 0.160. The highest BCUT2D eigenvalue weighted by Crippen LogP contribution is 2.29. The van der Waals surface area contributed by atoms with Gasteiger partial charge >= 0.3 is 0 Å². The molecule has 0 aromatic rings. The molecule has 4 heteroatoms. The van der Waals surface area contributed by atoms with Gasteiger partial charge in [-0.15, -0.1) is 0 Å². The molecule has 0 aliphatic heterocycles. The Balaban J connectivity index is 2.60. The summed E-state index contributed by atoms with van der Waals surface area (Å²) in [5.74, 6) is -0.0659. The third-order valence-corrected chi connectivity index (χ3v) is 3.27. The molecular formula is C8H15IN2O. The van der Waals surface area contributed by atoms with E-state index in [1.807, 2.05) is 7.05 Å². The van der Waals surface area contributed by atoms with Crippen LogP contribution < -0.4 is 5.73 Å². The highest BCUT2D eigenvalue weighted by molar-refractivity contribution is 14.1. The molecule has 1 aliphatic carbocycles. The minimum Gasteiger partial charge on any atom is -0.369 e. The van der Waals surface area contributed by atoms with Crippen LogP contribution in [0.3, 0.4) is 0 Å². The van der Waals surface area contributed by atoms with E-state index in [-0.39, 0.29) is 11.8 Å². The first-order chi connectivity index (χ1) is 5.63. The molecule has 0 spiro atoms. The number of primary amides is 1. The fourth-order valence-electron chi connectivity index (χ4n) is 1.87. The first kappa shape index (κ1) is 10.2. The molecule has 1 aliphatic rings. The summed E-state index contributed by atoms with van der Waals surface area (Å²) in [5, 5.41) is 0. The summed E-state index contributed by atoms with van der Waals surface area (Å²) in [6.07, 6.45) is 4.44. The molecule has 1 rings (SSSR count). The van der Waals surface area contributed by atoms with E-state index in [9.17, 15) is 4.79 Å². The first-order valence-electron chi connectivity index (χ1n) is 4.31. The molecule has 70 valence electrons. The van der Waals surface area contributed by atoms with Crippen LogP contribution in [0, 0.1) is 5.92 Å². The van der Waals surface area contributed by atoms with E-state index in [2.05, 4.69) is 26.0 Å². The van der Waals surface area contributed by atoms with E-state index in [1.165, 1.54) is 6.42 Å². The van der Waals surface area contributed by atoms with Crippen LogP contribution in [0.1, 0.15) is 25.7 Å². The summed E-state index contributed by atoms with van der Waals surface area (Å²) in [5.41, 5.74) is 5.33. The predicted octanol–water partition coefficient (Wildman–Crippen LogP) is 1.31. The summed E-state index contributed by atoms with van der Waals surface area (Å²) in [6.45, 7) is 0.